The summed E-state index contributed by atoms with van der Waals surface area (Å²) in [5, 5.41) is 6.95. The van der Waals surface area contributed by atoms with Crippen LogP contribution in [0.4, 0.5) is 0 Å². The smallest absolute Gasteiger partial charge is 0.257 e. The van der Waals surface area contributed by atoms with Crippen LogP contribution in [-0.2, 0) is 11.2 Å². The van der Waals surface area contributed by atoms with E-state index in [4.69, 9.17) is 19.7 Å². The minimum absolute atomic E-state index is 0.221. The highest BCUT2D eigenvalue weighted by Gasteiger charge is 2.31. The Balaban J connectivity index is 1.70. The molecule has 2 aromatic rings. The van der Waals surface area contributed by atoms with Crippen molar-refractivity contribution >= 4 is 11.8 Å². The van der Waals surface area contributed by atoms with E-state index < -0.39 is 5.91 Å². The van der Waals surface area contributed by atoms with Crippen LogP contribution in [0.2, 0.25) is 0 Å². The zero-order valence-electron chi connectivity index (χ0n) is 15.4. The number of hydrogen-bond acceptors (Lipinski definition) is 6. The quantitative estimate of drug-likeness (QED) is 0.794. The van der Waals surface area contributed by atoms with E-state index in [0.29, 0.717) is 54.4 Å². The van der Waals surface area contributed by atoms with Crippen molar-refractivity contribution in [1.82, 2.24) is 10.5 Å². The highest BCUT2D eigenvalue weighted by Crippen LogP contribution is 2.20. The van der Waals surface area contributed by atoms with E-state index in [-0.39, 0.29) is 18.1 Å². The highest BCUT2D eigenvalue weighted by molar-refractivity contribution is 5.96. The average Bonchev–Trinajstić information content (AvgIpc) is 3.04. The maximum Gasteiger partial charge on any atom is 0.257 e. The van der Waals surface area contributed by atoms with Gasteiger partial charge in [0.15, 0.2) is 0 Å². The van der Waals surface area contributed by atoms with Crippen LogP contribution in [0.25, 0.3) is 0 Å². The first-order valence-corrected chi connectivity index (χ1v) is 8.89. The molecule has 1 aliphatic heterocycles. The third-order valence-electron chi connectivity index (χ3n) is 4.54. The monoisotopic (exact) mass is 373 g/mol. The lowest BCUT2D eigenvalue weighted by molar-refractivity contribution is -0.0135. The fourth-order valence-corrected chi connectivity index (χ4v) is 3.06. The summed E-state index contributed by atoms with van der Waals surface area (Å²) in [6, 6.07) is 6.33. The Hall–Kier alpha value is -2.87. The van der Waals surface area contributed by atoms with Crippen LogP contribution in [0.5, 0.6) is 5.75 Å². The Morgan fingerprint density at radius 2 is 2.07 bits per heavy atom. The van der Waals surface area contributed by atoms with Gasteiger partial charge in [-0.15, -0.1) is 0 Å². The van der Waals surface area contributed by atoms with Gasteiger partial charge in [-0.3, -0.25) is 9.59 Å². The number of rotatable bonds is 6. The maximum atomic E-state index is 12.7. The Morgan fingerprint density at radius 3 is 2.74 bits per heavy atom. The van der Waals surface area contributed by atoms with Crippen molar-refractivity contribution in [3.8, 4) is 5.75 Å². The van der Waals surface area contributed by atoms with Gasteiger partial charge in [-0.1, -0.05) is 12.1 Å². The lowest BCUT2D eigenvalue weighted by atomic mass is 10.0. The average molecular weight is 373 g/mol. The molecular weight excluding hydrogens is 350 g/mol. The Labute approximate surface area is 157 Å². The number of aromatic nitrogens is 1. The molecule has 2 heterocycles. The number of carbonyl (C=O) groups excluding carboxylic acids is 2. The SMILES string of the molecule is CCc1noc(C)c1C(=O)NC1CCOCC1Oc1ccc(C(N)=O)cc1. The molecule has 8 heteroatoms. The van der Waals surface area contributed by atoms with E-state index in [1.54, 1.807) is 31.2 Å². The van der Waals surface area contributed by atoms with Gasteiger partial charge in [-0.25, -0.2) is 0 Å². The van der Waals surface area contributed by atoms with Crippen LogP contribution in [-0.4, -0.2) is 42.3 Å². The van der Waals surface area contributed by atoms with Crippen LogP contribution < -0.4 is 15.8 Å². The summed E-state index contributed by atoms with van der Waals surface area (Å²) >= 11 is 0. The molecule has 2 amide bonds. The minimum atomic E-state index is -0.497. The van der Waals surface area contributed by atoms with E-state index in [1.807, 2.05) is 6.92 Å². The van der Waals surface area contributed by atoms with Crippen LogP contribution in [0.3, 0.4) is 0 Å². The van der Waals surface area contributed by atoms with E-state index in [1.165, 1.54) is 0 Å². The summed E-state index contributed by atoms with van der Waals surface area (Å²) in [5.74, 6) is 0.347. The molecule has 1 fully saturated rings. The molecule has 3 N–H and O–H groups in total. The summed E-state index contributed by atoms with van der Waals surface area (Å²) in [6.45, 7) is 4.53. The van der Waals surface area contributed by atoms with Crippen molar-refractivity contribution in [2.75, 3.05) is 13.2 Å². The summed E-state index contributed by atoms with van der Waals surface area (Å²) in [5.41, 5.74) is 6.77. The number of amides is 2. The number of nitrogens with one attached hydrogen (secondary N) is 1. The number of carbonyl (C=O) groups is 2. The van der Waals surface area contributed by atoms with Crippen molar-refractivity contribution in [3.05, 3.63) is 46.8 Å². The second kappa shape index (κ2) is 8.22. The second-order valence-corrected chi connectivity index (χ2v) is 6.40. The molecule has 0 radical (unpaired) electrons. The first-order valence-electron chi connectivity index (χ1n) is 8.89. The molecule has 8 nitrogen and oxygen atoms in total. The summed E-state index contributed by atoms with van der Waals surface area (Å²) in [7, 11) is 0. The van der Waals surface area contributed by atoms with Gasteiger partial charge in [-0.05, 0) is 44.0 Å². The lowest BCUT2D eigenvalue weighted by Gasteiger charge is -2.32. The number of primary amides is 1. The van der Waals surface area contributed by atoms with Crippen LogP contribution in [0.15, 0.2) is 28.8 Å². The molecule has 0 spiro atoms. The first kappa shape index (κ1) is 18.9. The van der Waals surface area contributed by atoms with Gasteiger partial charge in [-0.2, -0.15) is 0 Å². The molecule has 0 aliphatic carbocycles. The van der Waals surface area contributed by atoms with Gasteiger partial charge in [0.05, 0.1) is 18.3 Å². The van der Waals surface area contributed by atoms with Crippen LogP contribution in [0.1, 0.15) is 45.5 Å². The third kappa shape index (κ3) is 4.28. The molecular formula is C19H23N3O5. The summed E-state index contributed by atoms with van der Waals surface area (Å²) in [6.07, 6.45) is 0.883. The first-order chi connectivity index (χ1) is 13.0. The van der Waals surface area contributed by atoms with Gasteiger partial charge in [0, 0.05) is 12.2 Å². The number of ether oxygens (including phenoxy) is 2. The molecule has 1 aromatic carbocycles. The van der Waals surface area contributed by atoms with Crippen molar-refractivity contribution in [3.63, 3.8) is 0 Å². The summed E-state index contributed by atoms with van der Waals surface area (Å²) in [4.78, 5) is 23.9. The fourth-order valence-electron chi connectivity index (χ4n) is 3.06. The van der Waals surface area contributed by atoms with Gasteiger partial charge in [0.25, 0.3) is 5.91 Å². The molecule has 27 heavy (non-hydrogen) atoms. The van der Waals surface area contributed by atoms with Crippen molar-refractivity contribution in [2.24, 2.45) is 5.73 Å². The molecule has 1 aromatic heterocycles. The molecule has 0 bridgehead atoms. The largest absolute Gasteiger partial charge is 0.486 e. The van der Waals surface area contributed by atoms with Crippen LogP contribution >= 0.6 is 0 Å². The Bertz CT molecular complexity index is 815. The number of nitrogens with zero attached hydrogens (tertiary/aromatic N) is 1. The van der Waals surface area contributed by atoms with Crippen molar-refractivity contribution in [2.45, 2.75) is 38.8 Å². The zero-order valence-corrected chi connectivity index (χ0v) is 15.4. The van der Waals surface area contributed by atoms with Crippen molar-refractivity contribution in [1.29, 1.82) is 0 Å². The number of aryl methyl sites for hydroxylation is 2. The topological polar surface area (TPSA) is 117 Å². The summed E-state index contributed by atoms with van der Waals surface area (Å²) < 4.78 is 16.6. The molecule has 3 rings (SSSR count). The molecule has 1 saturated heterocycles. The van der Waals surface area contributed by atoms with E-state index >= 15 is 0 Å². The van der Waals surface area contributed by atoms with Crippen molar-refractivity contribution < 1.29 is 23.6 Å². The number of hydrogen-bond donors (Lipinski definition) is 2. The predicted octanol–water partition coefficient (Wildman–Crippen LogP) is 1.61. The van der Waals surface area contributed by atoms with Gasteiger partial charge < -0.3 is 25.0 Å². The predicted molar refractivity (Wildman–Crippen MR) is 96.7 cm³/mol. The van der Waals surface area contributed by atoms with Gasteiger partial charge in [0.2, 0.25) is 5.91 Å². The minimum Gasteiger partial charge on any atom is -0.486 e. The second-order valence-electron chi connectivity index (χ2n) is 6.40. The molecule has 0 saturated carbocycles. The van der Waals surface area contributed by atoms with Gasteiger partial charge in [0.1, 0.15) is 23.2 Å². The van der Waals surface area contributed by atoms with Gasteiger partial charge >= 0.3 is 0 Å². The maximum absolute atomic E-state index is 12.7. The lowest BCUT2D eigenvalue weighted by Crippen LogP contribution is -2.51. The molecule has 2 unspecified atom stereocenters. The third-order valence-corrected chi connectivity index (χ3v) is 4.54. The van der Waals surface area contributed by atoms with Crippen LogP contribution in [0, 0.1) is 6.92 Å². The number of nitrogens with two attached hydrogens (primary N) is 1. The molecule has 1 aliphatic rings. The standard InChI is InChI=1S/C19H23N3O5/c1-3-14-17(11(2)27-22-14)19(24)21-15-8-9-25-10-16(15)26-13-6-4-12(5-7-13)18(20)23/h4-7,15-16H,3,8-10H2,1-2H3,(H2,20,23)(H,21,24). The van der Waals surface area contributed by atoms with E-state index in [0.717, 1.165) is 0 Å². The fraction of sp³-hybridized carbons (Fsp3) is 0.421. The Morgan fingerprint density at radius 1 is 1.33 bits per heavy atom. The Kier molecular flexibility index (Phi) is 5.75. The highest BCUT2D eigenvalue weighted by atomic mass is 16.5. The van der Waals surface area contributed by atoms with E-state index in [9.17, 15) is 9.59 Å². The molecule has 144 valence electrons. The normalized spacial score (nSPS) is 19.5. The van der Waals surface area contributed by atoms with E-state index in [2.05, 4.69) is 10.5 Å². The zero-order chi connectivity index (χ0) is 19.4. The molecule has 2 atom stereocenters. The number of benzene rings is 1.